The molecule has 3 atom stereocenters. The Labute approximate surface area is 206 Å². The lowest BCUT2D eigenvalue weighted by Gasteiger charge is -2.31. The van der Waals surface area contributed by atoms with E-state index >= 15 is 0 Å². The standard InChI is InChI=1S/C28H34N2O5/c1-4-17(2)15-24(25(31)32)29-26(33)28(3,18-13-14-18)30-27(34)35-16-23-21-11-7-5-9-19(21)20-10-6-8-12-22(20)23/h5-12,17-18,23-24H,4,13-16H2,1-3H3,(H,29,33)(H,30,34)(H,31,32). The van der Waals surface area contributed by atoms with Crippen molar-refractivity contribution in [2.24, 2.45) is 11.8 Å². The highest BCUT2D eigenvalue weighted by atomic mass is 16.5. The molecule has 7 nitrogen and oxygen atoms in total. The molecule has 3 unspecified atom stereocenters. The normalized spacial score (nSPS) is 17.9. The fraction of sp³-hybridized carbons (Fsp3) is 0.464. The first-order chi connectivity index (χ1) is 16.7. The minimum atomic E-state index is -1.23. The van der Waals surface area contributed by atoms with Crippen LogP contribution in [0.1, 0.15) is 63.5 Å². The Kier molecular flexibility index (Phi) is 7.15. The summed E-state index contributed by atoms with van der Waals surface area (Å²) < 4.78 is 5.65. The zero-order chi connectivity index (χ0) is 25.2. The number of hydrogen-bond donors (Lipinski definition) is 3. The summed E-state index contributed by atoms with van der Waals surface area (Å²) in [6.45, 7) is 5.74. The molecule has 1 saturated carbocycles. The third kappa shape index (κ3) is 5.19. The Bertz CT molecular complexity index is 1070. The molecule has 1 fully saturated rings. The molecular weight excluding hydrogens is 444 g/mol. The van der Waals surface area contributed by atoms with Crippen molar-refractivity contribution in [3.8, 4) is 11.1 Å². The van der Waals surface area contributed by atoms with Gasteiger partial charge in [0.05, 0.1) is 0 Å². The molecule has 0 radical (unpaired) electrons. The maximum absolute atomic E-state index is 13.2. The maximum atomic E-state index is 13.2. The Morgan fingerprint density at radius 3 is 2.14 bits per heavy atom. The van der Waals surface area contributed by atoms with Gasteiger partial charge in [0.25, 0.3) is 0 Å². The second-order valence-electron chi connectivity index (χ2n) is 10.0. The molecule has 2 aliphatic carbocycles. The number of carbonyl (C=O) groups is 3. The van der Waals surface area contributed by atoms with Crippen molar-refractivity contribution < 1.29 is 24.2 Å². The number of fused-ring (bicyclic) bond motifs is 3. The molecule has 2 aliphatic rings. The van der Waals surface area contributed by atoms with Gasteiger partial charge in [-0.25, -0.2) is 9.59 Å². The van der Waals surface area contributed by atoms with E-state index in [0.29, 0.717) is 6.42 Å². The Balaban J connectivity index is 1.43. The molecule has 35 heavy (non-hydrogen) atoms. The number of alkyl carbamates (subject to hydrolysis) is 1. The smallest absolute Gasteiger partial charge is 0.408 e. The van der Waals surface area contributed by atoms with Gasteiger partial charge in [-0.1, -0.05) is 68.8 Å². The van der Waals surface area contributed by atoms with Gasteiger partial charge in [0, 0.05) is 5.92 Å². The molecule has 0 saturated heterocycles. The molecule has 2 aromatic rings. The van der Waals surface area contributed by atoms with Crippen molar-refractivity contribution in [2.45, 2.75) is 64.0 Å². The lowest BCUT2D eigenvalue weighted by atomic mass is 9.93. The molecule has 0 bridgehead atoms. The monoisotopic (exact) mass is 478 g/mol. The van der Waals surface area contributed by atoms with Crippen LogP contribution < -0.4 is 10.6 Å². The first kappa shape index (κ1) is 24.8. The summed E-state index contributed by atoms with van der Waals surface area (Å²) in [6, 6.07) is 15.2. The van der Waals surface area contributed by atoms with Gasteiger partial charge >= 0.3 is 12.1 Å². The summed E-state index contributed by atoms with van der Waals surface area (Å²) in [5.41, 5.74) is 3.27. The van der Waals surface area contributed by atoms with Crippen molar-refractivity contribution in [3.05, 3.63) is 59.7 Å². The fourth-order valence-electron chi connectivity index (χ4n) is 4.95. The third-order valence-corrected chi connectivity index (χ3v) is 7.51. The van der Waals surface area contributed by atoms with Gasteiger partial charge in [-0.2, -0.15) is 0 Å². The minimum Gasteiger partial charge on any atom is -0.480 e. The predicted molar refractivity (Wildman–Crippen MR) is 133 cm³/mol. The van der Waals surface area contributed by atoms with E-state index in [1.165, 1.54) is 0 Å². The Morgan fingerprint density at radius 2 is 1.63 bits per heavy atom. The van der Waals surface area contributed by atoms with Crippen molar-refractivity contribution in [1.29, 1.82) is 0 Å². The van der Waals surface area contributed by atoms with E-state index < -0.39 is 29.6 Å². The van der Waals surface area contributed by atoms with Gasteiger partial charge in [-0.3, -0.25) is 4.79 Å². The molecule has 0 heterocycles. The SMILES string of the molecule is CCC(C)CC(NC(=O)C(C)(NC(=O)OCC1c2ccccc2-c2ccccc21)C1CC1)C(=O)O. The summed E-state index contributed by atoms with van der Waals surface area (Å²) in [4.78, 5) is 37.8. The molecule has 7 heteroatoms. The van der Waals surface area contributed by atoms with Gasteiger partial charge in [-0.05, 0) is 60.3 Å². The van der Waals surface area contributed by atoms with Gasteiger partial charge < -0.3 is 20.5 Å². The predicted octanol–water partition coefficient (Wildman–Crippen LogP) is 4.70. The van der Waals surface area contributed by atoms with E-state index in [4.69, 9.17) is 4.74 Å². The van der Waals surface area contributed by atoms with Crippen LogP contribution in [0.5, 0.6) is 0 Å². The summed E-state index contributed by atoms with van der Waals surface area (Å²) in [6.07, 6.45) is 2.05. The second-order valence-corrected chi connectivity index (χ2v) is 10.0. The number of ether oxygens (including phenoxy) is 1. The Morgan fingerprint density at radius 1 is 1.06 bits per heavy atom. The first-order valence-electron chi connectivity index (χ1n) is 12.4. The molecule has 3 N–H and O–H groups in total. The largest absolute Gasteiger partial charge is 0.480 e. The number of rotatable bonds is 10. The number of amides is 2. The average Bonchev–Trinajstić information content (AvgIpc) is 3.66. The van der Waals surface area contributed by atoms with E-state index in [-0.39, 0.29) is 24.4 Å². The highest BCUT2D eigenvalue weighted by molar-refractivity contribution is 5.93. The van der Waals surface area contributed by atoms with Crippen LogP contribution in [0.25, 0.3) is 11.1 Å². The Hall–Kier alpha value is -3.35. The summed E-state index contributed by atoms with van der Waals surface area (Å²) in [7, 11) is 0. The summed E-state index contributed by atoms with van der Waals surface area (Å²) in [5.74, 6) is -1.54. The van der Waals surface area contributed by atoms with Crippen LogP contribution >= 0.6 is 0 Å². The van der Waals surface area contributed by atoms with E-state index in [0.717, 1.165) is 41.5 Å². The topological polar surface area (TPSA) is 105 Å². The molecular formula is C28H34N2O5. The lowest BCUT2D eigenvalue weighted by molar-refractivity contribution is -0.143. The van der Waals surface area contributed by atoms with Gasteiger partial charge in [0.2, 0.25) is 5.91 Å². The van der Waals surface area contributed by atoms with Crippen molar-refractivity contribution >= 4 is 18.0 Å². The quantitative estimate of drug-likeness (QED) is 0.459. The third-order valence-electron chi connectivity index (χ3n) is 7.51. The van der Waals surface area contributed by atoms with Gasteiger partial charge in [0.1, 0.15) is 18.2 Å². The molecule has 186 valence electrons. The van der Waals surface area contributed by atoms with Crippen molar-refractivity contribution in [3.63, 3.8) is 0 Å². The van der Waals surface area contributed by atoms with E-state index in [9.17, 15) is 19.5 Å². The fourth-order valence-corrected chi connectivity index (χ4v) is 4.95. The van der Waals surface area contributed by atoms with Crippen LogP contribution in [0, 0.1) is 11.8 Å². The molecule has 0 spiro atoms. The number of carbonyl (C=O) groups excluding carboxylic acids is 2. The number of hydrogen-bond acceptors (Lipinski definition) is 4. The van der Waals surface area contributed by atoms with Crippen LogP contribution in [0.3, 0.4) is 0 Å². The van der Waals surface area contributed by atoms with Crippen LogP contribution in [-0.4, -0.2) is 41.3 Å². The zero-order valence-electron chi connectivity index (χ0n) is 20.5. The van der Waals surface area contributed by atoms with Crippen molar-refractivity contribution in [1.82, 2.24) is 10.6 Å². The number of carboxylic acids is 1. The summed E-state index contributed by atoms with van der Waals surface area (Å²) in [5, 5.41) is 15.0. The number of carboxylic acid groups (broad SMARTS) is 1. The van der Waals surface area contributed by atoms with E-state index in [1.807, 2.05) is 50.2 Å². The second kappa shape index (κ2) is 10.1. The van der Waals surface area contributed by atoms with Crippen LogP contribution in [-0.2, 0) is 14.3 Å². The molecule has 4 rings (SSSR count). The lowest BCUT2D eigenvalue weighted by Crippen LogP contribution is -2.61. The molecule has 0 aromatic heterocycles. The zero-order valence-corrected chi connectivity index (χ0v) is 20.5. The van der Waals surface area contributed by atoms with E-state index in [1.54, 1.807) is 6.92 Å². The highest BCUT2D eigenvalue weighted by Crippen LogP contribution is 2.44. The van der Waals surface area contributed by atoms with Crippen LogP contribution in [0.15, 0.2) is 48.5 Å². The van der Waals surface area contributed by atoms with E-state index in [2.05, 4.69) is 22.8 Å². The highest BCUT2D eigenvalue weighted by Gasteiger charge is 2.49. The minimum absolute atomic E-state index is 0.0546. The van der Waals surface area contributed by atoms with Crippen molar-refractivity contribution in [2.75, 3.05) is 6.61 Å². The van der Waals surface area contributed by atoms with Gasteiger partial charge in [0.15, 0.2) is 0 Å². The van der Waals surface area contributed by atoms with Crippen LogP contribution in [0.2, 0.25) is 0 Å². The van der Waals surface area contributed by atoms with Gasteiger partial charge in [-0.15, -0.1) is 0 Å². The number of benzene rings is 2. The molecule has 2 amide bonds. The maximum Gasteiger partial charge on any atom is 0.408 e. The summed E-state index contributed by atoms with van der Waals surface area (Å²) >= 11 is 0. The average molecular weight is 479 g/mol. The first-order valence-corrected chi connectivity index (χ1v) is 12.4. The number of aliphatic carboxylic acids is 1. The number of nitrogens with one attached hydrogen (secondary N) is 2. The molecule has 0 aliphatic heterocycles. The molecule has 2 aromatic carbocycles. The van der Waals surface area contributed by atoms with Crippen LogP contribution in [0.4, 0.5) is 4.79 Å².